The van der Waals surface area contributed by atoms with E-state index in [0.29, 0.717) is 6.61 Å². The number of hydrogen-bond donors (Lipinski definition) is 0. The molecule has 0 radical (unpaired) electrons. The van der Waals surface area contributed by atoms with E-state index in [-0.39, 0.29) is 0 Å². The van der Waals surface area contributed by atoms with Gasteiger partial charge in [-0.15, -0.1) is 0 Å². The van der Waals surface area contributed by atoms with E-state index in [0.717, 1.165) is 22.8 Å². The van der Waals surface area contributed by atoms with Crippen molar-refractivity contribution in [1.29, 1.82) is 0 Å². The van der Waals surface area contributed by atoms with E-state index in [2.05, 4.69) is 40.7 Å². The lowest BCUT2D eigenvalue weighted by molar-refractivity contribution is 0.340. The molecule has 4 heteroatoms. The van der Waals surface area contributed by atoms with Gasteiger partial charge in [0.2, 0.25) is 0 Å². The lowest BCUT2D eigenvalue weighted by Crippen LogP contribution is -2.00. The molecule has 2 heterocycles. The van der Waals surface area contributed by atoms with Gasteiger partial charge in [-0.2, -0.15) is 10.2 Å². The molecule has 0 N–H and O–H groups in total. The lowest BCUT2D eigenvalue weighted by Gasteiger charge is -2.11. The molecule has 0 fully saturated rings. The maximum atomic E-state index is 5.63. The Morgan fingerprint density at radius 2 is 1.55 bits per heavy atom. The molecule has 0 saturated carbocycles. The van der Waals surface area contributed by atoms with Gasteiger partial charge in [-0.1, -0.05) is 6.07 Å². The third-order valence-electron chi connectivity index (χ3n) is 4.10. The first kappa shape index (κ1) is 14.6. The minimum Gasteiger partial charge on any atom is -0.494 e. The highest BCUT2D eigenvalue weighted by molar-refractivity contribution is 5.92. The summed E-state index contributed by atoms with van der Waals surface area (Å²) in [4.78, 5) is 0. The first-order chi connectivity index (χ1) is 10.5. The van der Waals surface area contributed by atoms with Crippen molar-refractivity contribution in [3.8, 4) is 11.4 Å². The minimum atomic E-state index is 0.668. The monoisotopic (exact) mass is 295 g/mol. The summed E-state index contributed by atoms with van der Waals surface area (Å²) in [7, 11) is 0. The van der Waals surface area contributed by atoms with Crippen molar-refractivity contribution in [3.63, 3.8) is 0 Å². The van der Waals surface area contributed by atoms with E-state index < -0.39 is 0 Å². The van der Waals surface area contributed by atoms with Crippen LogP contribution in [0.3, 0.4) is 0 Å². The maximum absolute atomic E-state index is 5.63. The summed E-state index contributed by atoms with van der Waals surface area (Å²) in [6, 6.07) is 8.20. The lowest BCUT2D eigenvalue weighted by atomic mass is 10.1. The number of aromatic nitrogens is 3. The summed E-state index contributed by atoms with van der Waals surface area (Å²) < 4.78 is 7.89. The van der Waals surface area contributed by atoms with Crippen LogP contribution in [0.15, 0.2) is 24.3 Å². The van der Waals surface area contributed by atoms with Gasteiger partial charge in [0, 0.05) is 33.9 Å². The van der Waals surface area contributed by atoms with Crippen molar-refractivity contribution in [2.75, 3.05) is 6.61 Å². The van der Waals surface area contributed by atoms with Gasteiger partial charge < -0.3 is 9.30 Å². The normalized spacial score (nSPS) is 11.1. The summed E-state index contributed by atoms with van der Waals surface area (Å²) in [5.74, 6) is 0.890. The SMILES string of the molecule is CCOc1cccc(-n2c(C)c3c(C)nnc(C)c3c2C)c1. The third kappa shape index (κ3) is 2.15. The maximum Gasteiger partial charge on any atom is 0.121 e. The van der Waals surface area contributed by atoms with Gasteiger partial charge in [0.05, 0.1) is 18.0 Å². The van der Waals surface area contributed by atoms with Gasteiger partial charge in [-0.25, -0.2) is 0 Å². The van der Waals surface area contributed by atoms with Gasteiger partial charge in [-0.05, 0) is 46.8 Å². The summed E-state index contributed by atoms with van der Waals surface area (Å²) in [6.07, 6.45) is 0. The van der Waals surface area contributed by atoms with Crippen LogP contribution in [0.25, 0.3) is 16.5 Å². The van der Waals surface area contributed by atoms with Gasteiger partial charge in [0.1, 0.15) is 5.75 Å². The van der Waals surface area contributed by atoms with Crippen LogP contribution in [-0.2, 0) is 0 Å². The molecule has 2 aromatic heterocycles. The molecule has 4 nitrogen and oxygen atoms in total. The number of rotatable bonds is 3. The Balaban J connectivity index is 2.30. The first-order valence-corrected chi connectivity index (χ1v) is 7.59. The van der Waals surface area contributed by atoms with Crippen molar-refractivity contribution in [1.82, 2.24) is 14.8 Å². The van der Waals surface area contributed by atoms with Gasteiger partial charge >= 0.3 is 0 Å². The molecular formula is C18H21N3O. The van der Waals surface area contributed by atoms with Crippen molar-refractivity contribution >= 4 is 10.8 Å². The summed E-state index contributed by atoms with van der Waals surface area (Å²) in [5, 5.41) is 11.0. The number of aryl methyl sites for hydroxylation is 4. The molecule has 0 unspecified atom stereocenters. The van der Waals surface area contributed by atoms with Gasteiger partial charge in [-0.3, -0.25) is 0 Å². The molecule has 1 aromatic carbocycles. The Hall–Kier alpha value is -2.36. The van der Waals surface area contributed by atoms with E-state index >= 15 is 0 Å². The zero-order valence-corrected chi connectivity index (χ0v) is 13.8. The zero-order valence-electron chi connectivity index (χ0n) is 13.8. The molecule has 0 aliphatic rings. The quantitative estimate of drug-likeness (QED) is 0.731. The van der Waals surface area contributed by atoms with Crippen LogP contribution in [0.2, 0.25) is 0 Å². The molecule has 0 spiro atoms. The van der Waals surface area contributed by atoms with E-state index in [1.807, 2.05) is 32.9 Å². The van der Waals surface area contributed by atoms with Crippen molar-refractivity contribution in [2.45, 2.75) is 34.6 Å². The minimum absolute atomic E-state index is 0.668. The van der Waals surface area contributed by atoms with Gasteiger partial charge in [0.25, 0.3) is 0 Å². The van der Waals surface area contributed by atoms with Crippen LogP contribution in [0.1, 0.15) is 29.7 Å². The Morgan fingerprint density at radius 3 is 2.09 bits per heavy atom. The van der Waals surface area contributed by atoms with Gasteiger partial charge in [0.15, 0.2) is 0 Å². The fourth-order valence-corrected chi connectivity index (χ4v) is 3.24. The molecule has 114 valence electrons. The molecule has 0 amide bonds. The zero-order chi connectivity index (χ0) is 15.9. The number of benzene rings is 1. The number of hydrogen-bond acceptors (Lipinski definition) is 3. The molecular weight excluding hydrogens is 274 g/mol. The van der Waals surface area contributed by atoms with E-state index in [4.69, 9.17) is 4.74 Å². The standard InChI is InChI=1S/C18H21N3O/c1-6-22-16-9-7-8-15(10-16)21-13(4)17-11(2)19-20-12(3)18(17)14(21)5/h7-10H,6H2,1-5H3. The summed E-state index contributed by atoms with van der Waals surface area (Å²) in [6.45, 7) is 11.0. The average molecular weight is 295 g/mol. The van der Waals surface area contributed by atoms with Crippen LogP contribution in [0.4, 0.5) is 0 Å². The van der Waals surface area contributed by atoms with E-state index in [1.165, 1.54) is 22.2 Å². The van der Waals surface area contributed by atoms with Crippen LogP contribution in [-0.4, -0.2) is 21.4 Å². The second kappa shape index (κ2) is 5.44. The molecule has 3 rings (SSSR count). The largest absolute Gasteiger partial charge is 0.494 e. The molecule has 0 aliphatic heterocycles. The molecule has 0 aliphatic carbocycles. The molecule has 3 aromatic rings. The highest BCUT2D eigenvalue weighted by Crippen LogP contribution is 2.32. The molecule has 22 heavy (non-hydrogen) atoms. The summed E-state index contributed by atoms with van der Waals surface area (Å²) >= 11 is 0. The topological polar surface area (TPSA) is 39.9 Å². The first-order valence-electron chi connectivity index (χ1n) is 7.59. The predicted octanol–water partition coefficient (Wildman–Crippen LogP) is 4.05. The highest BCUT2D eigenvalue weighted by atomic mass is 16.5. The van der Waals surface area contributed by atoms with Crippen LogP contribution < -0.4 is 4.74 Å². The fraction of sp³-hybridized carbons (Fsp3) is 0.333. The Bertz CT molecular complexity index is 804. The predicted molar refractivity (Wildman–Crippen MR) is 89.0 cm³/mol. The Kier molecular flexibility index (Phi) is 3.61. The fourth-order valence-electron chi connectivity index (χ4n) is 3.24. The smallest absolute Gasteiger partial charge is 0.121 e. The van der Waals surface area contributed by atoms with E-state index in [1.54, 1.807) is 0 Å². The van der Waals surface area contributed by atoms with Crippen molar-refractivity contribution in [2.24, 2.45) is 0 Å². The highest BCUT2D eigenvalue weighted by Gasteiger charge is 2.17. The number of fused-ring (bicyclic) bond motifs is 1. The summed E-state index contributed by atoms with van der Waals surface area (Å²) in [5.41, 5.74) is 5.44. The molecule has 0 bridgehead atoms. The van der Waals surface area contributed by atoms with Crippen molar-refractivity contribution < 1.29 is 4.74 Å². The van der Waals surface area contributed by atoms with Crippen molar-refractivity contribution in [3.05, 3.63) is 47.0 Å². The Morgan fingerprint density at radius 1 is 0.955 bits per heavy atom. The van der Waals surface area contributed by atoms with Crippen LogP contribution in [0.5, 0.6) is 5.75 Å². The Labute approximate surface area is 130 Å². The number of nitrogens with zero attached hydrogens (tertiary/aromatic N) is 3. The molecule has 0 atom stereocenters. The van der Waals surface area contributed by atoms with Crippen LogP contribution in [0, 0.1) is 27.7 Å². The molecule has 0 saturated heterocycles. The second-order valence-corrected chi connectivity index (χ2v) is 5.56. The average Bonchev–Trinajstić information content (AvgIpc) is 2.76. The second-order valence-electron chi connectivity index (χ2n) is 5.56. The van der Waals surface area contributed by atoms with Crippen LogP contribution >= 0.6 is 0 Å². The third-order valence-corrected chi connectivity index (χ3v) is 4.10. The van der Waals surface area contributed by atoms with E-state index in [9.17, 15) is 0 Å². The number of ether oxygens (including phenoxy) is 1.